The van der Waals surface area contributed by atoms with Crippen molar-refractivity contribution in [2.24, 2.45) is 0 Å². The first-order valence-corrected chi connectivity index (χ1v) is 10.6. The Morgan fingerprint density at radius 3 is 2.92 bits per heavy atom. The van der Waals surface area contributed by atoms with E-state index in [1.54, 1.807) is 40.1 Å². The highest BCUT2D eigenvalue weighted by atomic mass is 32.1. The lowest BCUT2D eigenvalue weighted by Crippen LogP contribution is -2.25. The summed E-state index contributed by atoms with van der Waals surface area (Å²) in [6.45, 7) is 2.56. The maximum Gasteiger partial charge on any atom is 0.273 e. The maximum atomic E-state index is 12.2. The molecule has 0 aliphatic heterocycles. The van der Waals surface area contributed by atoms with E-state index in [4.69, 9.17) is 4.52 Å². The third-order valence-electron chi connectivity index (χ3n) is 3.70. The van der Waals surface area contributed by atoms with E-state index in [2.05, 4.69) is 33.0 Å². The van der Waals surface area contributed by atoms with E-state index in [1.165, 1.54) is 4.88 Å². The van der Waals surface area contributed by atoms with Crippen LogP contribution in [0.5, 0.6) is 0 Å². The molecule has 4 heterocycles. The lowest BCUT2D eigenvalue weighted by molar-refractivity contribution is 0.0945. The number of amides is 1. The van der Waals surface area contributed by atoms with Crippen LogP contribution < -0.4 is 5.32 Å². The van der Waals surface area contributed by atoms with Gasteiger partial charge in [0.15, 0.2) is 11.5 Å². The van der Waals surface area contributed by atoms with Crippen molar-refractivity contribution in [1.82, 2.24) is 15.5 Å². The summed E-state index contributed by atoms with van der Waals surface area (Å²) in [5, 5.41) is 11.8. The smallest absolute Gasteiger partial charge is 0.273 e. The third-order valence-corrected chi connectivity index (χ3v) is 6.52. The van der Waals surface area contributed by atoms with Gasteiger partial charge in [-0.2, -0.15) is 0 Å². The van der Waals surface area contributed by atoms with Gasteiger partial charge in [-0.1, -0.05) is 11.2 Å². The van der Waals surface area contributed by atoms with Gasteiger partial charge in [-0.3, -0.25) is 4.79 Å². The van der Waals surface area contributed by atoms with E-state index in [9.17, 15) is 4.79 Å². The molecule has 0 spiro atoms. The van der Waals surface area contributed by atoms with Gasteiger partial charge in [-0.15, -0.1) is 34.0 Å². The second-order valence-corrected chi connectivity index (χ2v) is 8.76. The molecule has 26 heavy (non-hydrogen) atoms. The summed E-state index contributed by atoms with van der Waals surface area (Å²) in [6, 6.07) is 9.72. The van der Waals surface area contributed by atoms with Crippen LogP contribution >= 0.6 is 34.0 Å². The number of rotatable bonds is 6. The predicted molar refractivity (Wildman–Crippen MR) is 106 cm³/mol. The van der Waals surface area contributed by atoms with Crippen molar-refractivity contribution in [3.05, 3.63) is 56.7 Å². The van der Waals surface area contributed by atoms with E-state index in [0.29, 0.717) is 18.0 Å². The van der Waals surface area contributed by atoms with Crippen LogP contribution in [0.3, 0.4) is 0 Å². The van der Waals surface area contributed by atoms with Crippen LogP contribution in [0.2, 0.25) is 0 Å². The summed E-state index contributed by atoms with van der Waals surface area (Å²) >= 11 is 4.91. The van der Waals surface area contributed by atoms with Crippen LogP contribution in [-0.2, 0) is 6.42 Å². The summed E-state index contributed by atoms with van der Waals surface area (Å²) in [5.74, 6) is 0.398. The van der Waals surface area contributed by atoms with Gasteiger partial charge < -0.3 is 9.84 Å². The van der Waals surface area contributed by atoms with E-state index < -0.39 is 0 Å². The van der Waals surface area contributed by atoms with E-state index in [0.717, 1.165) is 26.9 Å². The minimum absolute atomic E-state index is 0.219. The number of aromatic nitrogens is 2. The molecule has 1 amide bonds. The fraction of sp³-hybridized carbons (Fsp3) is 0.167. The normalized spacial score (nSPS) is 11.0. The molecule has 1 N–H and O–H groups in total. The summed E-state index contributed by atoms with van der Waals surface area (Å²) < 4.78 is 5.24. The highest BCUT2D eigenvalue weighted by Crippen LogP contribution is 2.29. The first kappa shape index (κ1) is 17.1. The monoisotopic (exact) mass is 401 g/mol. The first-order chi connectivity index (χ1) is 12.7. The standard InChI is InChI=1S/C18H15N3O2S3/c1-11-20-14(10-25-11)16-5-4-12(26-16)6-7-19-18(22)13-9-15(23-21-13)17-3-2-8-24-17/h2-5,8-10H,6-7H2,1H3,(H,19,22). The van der Waals surface area contributed by atoms with Gasteiger partial charge in [0.1, 0.15) is 0 Å². The summed E-state index contributed by atoms with van der Waals surface area (Å²) in [4.78, 5) is 20.1. The summed E-state index contributed by atoms with van der Waals surface area (Å²) in [6.07, 6.45) is 0.773. The minimum atomic E-state index is -0.219. The molecule has 5 nitrogen and oxygen atoms in total. The molecule has 4 aromatic rings. The highest BCUT2D eigenvalue weighted by molar-refractivity contribution is 7.16. The fourth-order valence-electron chi connectivity index (χ4n) is 2.43. The van der Waals surface area contributed by atoms with Gasteiger partial charge in [0.2, 0.25) is 0 Å². The Morgan fingerprint density at radius 1 is 1.23 bits per heavy atom. The number of thiophene rings is 2. The number of hydrogen-bond donors (Lipinski definition) is 1. The van der Waals surface area contributed by atoms with Gasteiger partial charge in [0.05, 0.1) is 20.5 Å². The average molecular weight is 402 g/mol. The highest BCUT2D eigenvalue weighted by Gasteiger charge is 2.14. The fourth-order valence-corrected chi connectivity index (χ4v) is 4.76. The van der Waals surface area contributed by atoms with E-state index in [1.807, 2.05) is 24.4 Å². The minimum Gasteiger partial charge on any atom is -0.355 e. The number of nitrogens with zero attached hydrogens (tertiary/aromatic N) is 2. The van der Waals surface area contributed by atoms with Gasteiger partial charge in [-0.25, -0.2) is 4.98 Å². The molecule has 0 aromatic carbocycles. The molecule has 0 radical (unpaired) electrons. The maximum absolute atomic E-state index is 12.2. The van der Waals surface area contributed by atoms with Crippen LogP contribution in [0.25, 0.3) is 21.2 Å². The number of hydrogen-bond acceptors (Lipinski definition) is 7. The van der Waals surface area contributed by atoms with Crippen molar-refractivity contribution in [2.75, 3.05) is 6.54 Å². The summed E-state index contributed by atoms with van der Waals surface area (Å²) in [7, 11) is 0. The van der Waals surface area contributed by atoms with Crippen LogP contribution in [-0.4, -0.2) is 22.6 Å². The molecule has 0 aliphatic rings. The molecule has 0 unspecified atom stereocenters. The lowest BCUT2D eigenvalue weighted by atomic mass is 10.3. The Kier molecular flexibility index (Phi) is 4.96. The zero-order valence-corrected chi connectivity index (χ0v) is 16.3. The average Bonchev–Trinajstić information content (AvgIpc) is 3.40. The van der Waals surface area contributed by atoms with Crippen LogP contribution in [0.4, 0.5) is 0 Å². The van der Waals surface area contributed by atoms with Gasteiger partial charge >= 0.3 is 0 Å². The Balaban J connectivity index is 1.32. The quantitative estimate of drug-likeness (QED) is 0.500. The van der Waals surface area contributed by atoms with Crippen molar-refractivity contribution in [3.63, 3.8) is 0 Å². The number of nitrogens with one attached hydrogen (secondary N) is 1. The molecule has 0 fully saturated rings. The molecule has 4 aromatic heterocycles. The first-order valence-electron chi connectivity index (χ1n) is 7.99. The molecule has 0 aliphatic carbocycles. The van der Waals surface area contributed by atoms with Crippen LogP contribution in [0.1, 0.15) is 20.4 Å². The molecule has 8 heteroatoms. The third kappa shape index (κ3) is 3.77. The number of carbonyl (C=O) groups excluding carboxylic acids is 1. The number of thiazole rings is 1. The lowest BCUT2D eigenvalue weighted by Gasteiger charge is -2.00. The Bertz CT molecular complexity index is 1010. The number of aryl methyl sites for hydroxylation is 1. The van der Waals surface area contributed by atoms with Gasteiger partial charge in [0.25, 0.3) is 5.91 Å². The van der Waals surface area contributed by atoms with Crippen molar-refractivity contribution >= 4 is 39.9 Å². The SMILES string of the molecule is Cc1nc(-c2ccc(CCNC(=O)c3cc(-c4cccs4)on3)s2)cs1. The second-order valence-electron chi connectivity index (χ2n) is 5.58. The molecular formula is C18H15N3O2S3. The van der Waals surface area contributed by atoms with Crippen molar-refractivity contribution in [3.8, 4) is 21.2 Å². The molecule has 0 bridgehead atoms. The summed E-state index contributed by atoms with van der Waals surface area (Å²) in [5.41, 5.74) is 1.33. The van der Waals surface area contributed by atoms with Crippen LogP contribution in [0, 0.1) is 6.92 Å². The van der Waals surface area contributed by atoms with Gasteiger partial charge in [0, 0.05) is 22.9 Å². The van der Waals surface area contributed by atoms with Crippen molar-refractivity contribution in [1.29, 1.82) is 0 Å². The molecule has 132 valence electrons. The van der Waals surface area contributed by atoms with E-state index >= 15 is 0 Å². The van der Waals surface area contributed by atoms with Crippen molar-refractivity contribution in [2.45, 2.75) is 13.3 Å². The largest absolute Gasteiger partial charge is 0.355 e. The zero-order chi connectivity index (χ0) is 17.9. The molecular weight excluding hydrogens is 386 g/mol. The zero-order valence-electron chi connectivity index (χ0n) is 13.9. The second kappa shape index (κ2) is 7.53. The molecule has 0 atom stereocenters. The molecule has 0 saturated heterocycles. The molecule has 0 saturated carbocycles. The van der Waals surface area contributed by atoms with Crippen molar-refractivity contribution < 1.29 is 9.32 Å². The number of carbonyl (C=O) groups is 1. The van der Waals surface area contributed by atoms with Crippen LogP contribution in [0.15, 0.2) is 45.6 Å². The predicted octanol–water partition coefficient (Wildman–Crippen LogP) is 4.87. The Labute approximate surface area is 162 Å². The van der Waals surface area contributed by atoms with Gasteiger partial charge in [-0.05, 0) is 36.9 Å². The van der Waals surface area contributed by atoms with E-state index in [-0.39, 0.29) is 5.91 Å². The Morgan fingerprint density at radius 2 is 2.15 bits per heavy atom. The topological polar surface area (TPSA) is 68.0 Å². The Hall–Kier alpha value is -2.29. The molecule has 4 rings (SSSR count).